The number of fused-ring (bicyclic) bond motifs is 2. The van der Waals surface area contributed by atoms with Crippen LogP contribution in [0.25, 0.3) is 0 Å². The summed E-state index contributed by atoms with van der Waals surface area (Å²) in [5, 5.41) is 10.9. The van der Waals surface area contributed by atoms with Crippen LogP contribution < -0.4 is 20.2 Å². The summed E-state index contributed by atoms with van der Waals surface area (Å²) in [5.74, 6) is 2.12. The van der Waals surface area contributed by atoms with Gasteiger partial charge in [-0.1, -0.05) is 17.3 Å². The molecular formula is C21H20N4O3. The minimum Gasteiger partial charge on any atom is -0.454 e. The summed E-state index contributed by atoms with van der Waals surface area (Å²) in [6.07, 6.45) is 0.772. The number of nitrogen functional groups attached to an aromatic ring is 1. The lowest BCUT2D eigenvalue weighted by molar-refractivity contribution is 0.174. The maximum atomic E-state index is 5.89. The third-order valence-electron chi connectivity index (χ3n) is 5.02. The second kappa shape index (κ2) is 6.30. The van der Waals surface area contributed by atoms with Crippen LogP contribution in [0.3, 0.4) is 0 Å². The summed E-state index contributed by atoms with van der Waals surface area (Å²) in [4.78, 5) is 0. The van der Waals surface area contributed by atoms with Crippen molar-refractivity contribution in [3.63, 3.8) is 0 Å². The molecule has 7 heteroatoms. The van der Waals surface area contributed by atoms with Gasteiger partial charge in [0.25, 0.3) is 0 Å². The molecule has 0 bridgehead atoms. The summed E-state index contributed by atoms with van der Waals surface area (Å²) in [5.41, 5.74) is 11.4. The van der Waals surface area contributed by atoms with Crippen molar-refractivity contribution in [1.29, 1.82) is 0 Å². The first-order valence-corrected chi connectivity index (χ1v) is 9.18. The van der Waals surface area contributed by atoms with E-state index in [0.717, 1.165) is 46.0 Å². The number of ether oxygens (including phenoxy) is 2. The zero-order valence-corrected chi connectivity index (χ0v) is 15.7. The average molecular weight is 376 g/mol. The number of anilines is 2. The highest BCUT2D eigenvalue weighted by Gasteiger charge is 2.29. The first-order valence-electron chi connectivity index (χ1n) is 9.18. The number of aromatic nitrogens is 1. The van der Waals surface area contributed by atoms with Crippen LogP contribution in [-0.2, 0) is 6.42 Å². The molecule has 1 unspecified atom stereocenters. The molecule has 2 N–H and O–H groups in total. The Balaban J connectivity index is 1.71. The van der Waals surface area contributed by atoms with Gasteiger partial charge in [-0.2, -0.15) is 5.10 Å². The molecule has 0 fully saturated rings. The molecule has 1 aromatic heterocycles. The molecule has 2 aromatic carbocycles. The highest BCUT2D eigenvalue weighted by Crippen LogP contribution is 2.38. The maximum Gasteiger partial charge on any atom is 0.247 e. The van der Waals surface area contributed by atoms with E-state index >= 15 is 0 Å². The molecule has 0 saturated heterocycles. The topological polar surface area (TPSA) is 86.1 Å². The van der Waals surface area contributed by atoms with E-state index < -0.39 is 0 Å². The first-order chi connectivity index (χ1) is 13.6. The molecule has 0 saturated carbocycles. The third-order valence-corrected chi connectivity index (χ3v) is 5.02. The smallest absolute Gasteiger partial charge is 0.247 e. The van der Waals surface area contributed by atoms with Gasteiger partial charge in [0.1, 0.15) is 0 Å². The molecule has 142 valence electrons. The Morgan fingerprint density at radius 2 is 1.82 bits per heavy atom. The van der Waals surface area contributed by atoms with Crippen LogP contribution in [0.5, 0.6) is 11.5 Å². The quantitative estimate of drug-likeness (QED) is 0.689. The van der Waals surface area contributed by atoms with Gasteiger partial charge in [0.2, 0.25) is 12.7 Å². The minimum absolute atomic E-state index is 0.0674. The molecule has 2 aliphatic rings. The number of rotatable bonds is 2. The number of aryl methyl sites for hydroxylation is 1. The Morgan fingerprint density at radius 1 is 1.07 bits per heavy atom. The van der Waals surface area contributed by atoms with E-state index in [1.54, 1.807) is 0 Å². The molecule has 1 atom stereocenters. The van der Waals surface area contributed by atoms with Gasteiger partial charge in [-0.3, -0.25) is 0 Å². The van der Waals surface area contributed by atoms with Crippen LogP contribution in [0.1, 0.15) is 29.3 Å². The molecule has 0 aliphatic carbocycles. The molecule has 0 spiro atoms. The lowest BCUT2D eigenvalue weighted by atomic mass is 9.94. The molecule has 2 aliphatic heterocycles. The van der Waals surface area contributed by atoms with Gasteiger partial charge in [0.05, 0.1) is 17.4 Å². The van der Waals surface area contributed by atoms with Crippen LogP contribution in [0.4, 0.5) is 11.6 Å². The van der Waals surface area contributed by atoms with Crippen molar-refractivity contribution >= 4 is 17.3 Å². The SMILES string of the molecule is Cc1cc(N2N=C(c3ccc(N)cc3)c3cc4c(cc3CC2C)OCO4)on1. The van der Waals surface area contributed by atoms with Crippen molar-refractivity contribution < 1.29 is 14.0 Å². The Morgan fingerprint density at radius 3 is 2.54 bits per heavy atom. The molecule has 3 aromatic rings. The van der Waals surface area contributed by atoms with E-state index in [9.17, 15) is 0 Å². The van der Waals surface area contributed by atoms with Crippen molar-refractivity contribution in [2.45, 2.75) is 26.3 Å². The van der Waals surface area contributed by atoms with E-state index in [4.69, 9.17) is 24.8 Å². The molecule has 28 heavy (non-hydrogen) atoms. The summed E-state index contributed by atoms with van der Waals surface area (Å²) in [6.45, 7) is 4.25. The first kappa shape index (κ1) is 16.7. The zero-order valence-electron chi connectivity index (χ0n) is 15.7. The Kier molecular flexibility index (Phi) is 3.75. The second-order valence-electron chi connectivity index (χ2n) is 7.14. The lowest BCUT2D eigenvalue weighted by Gasteiger charge is -2.21. The highest BCUT2D eigenvalue weighted by atomic mass is 16.7. The van der Waals surface area contributed by atoms with Crippen LogP contribution in [0, 0.1) is 6.92 Å². The molecule has 7 nitrogen and oxygen atoms in total. The van der Waals surface area contributed by atoms with Crippen LogP contribution >= 0.6 is 0 Å². The minimum atomic E-state index is 0.0674. The van der Waals surface area contributed by atoms with Gasteiger partial charge < -0.3 is 19.7 Å². The van der Waals surface area contributed by atoms with E-state index in [2.05, 4.69) is 18.1 Å². The van der Waals surface area contributed by atoms with Crippen LogP contribution in [0.15, 0.2) is 52.1 Å². The number of nitrogens with two attached hydrogens (primary N) is 1. The summed E-state index contributed by atoms with van der Waals surface area (Å²) in [6, 6.07) is 13.7. The normalized spacial score (nSPS) is 17.9. The fourth-order valence-corrected chi connectivity index (χ4v) is 3.62. The van der Waals surface area contributed by atoms with Crippen molar-refractivity contribution in [1.82, 2.24) is 5.16 Å². The van der Waals surface area contributed by atoms with E-state index in [1.165, 1.54) is 0 Å². The van der Waals surface area contributed by atoms with Crippen molar-refractivity contribution in [3.8, 4) is 11.5 Å². The highest BCUT2D eigenvalue weighted by molar-refractivity contribution is 6.14. The largest absolute Gasteiger partial charge is 0.454 e. The van der Waals surface area contributed by atoms with Gasteiger partial charge in [0, 0.05) is 22.9 Å². The van der Waals surface area contributed by atoms with Crippen molar-refractivity contribution in [2.75, 3.05) is 17.5 Å². The van der Waals surface area contributed by atoms with Crippen LogP contribution in [-0.4, -0.2) is 23.7 Å². The van der Waals surface area contributed by atoms with E-state index in [1.807, 2.05) is 48.3 Å². The third kappa shape index (κ3) is 2.76. The molecule has 3 heterocycles. The van der Waals surface area contributed by atoms with E-state index in [0.29, 0.717) is 11.6 Å². The predicted molar refractivity (Wildman–Crippen MR) is 106 cm³/mol. The molecule has 0 amide bonds. The van der Waals surface area contributed by atoms with Crippen molar-refractivity contribution in [2.24, 2.45) is 5.10 Å². The summed E-state index contributed by atoms with van der Waals surface area (Å²) < 4.78 is 16.7. The maximum absolute atomic E-state index is 5.89. The van der Waals surface area contributed by atoms with Gasteiger partial charge in [-0.05, 0) is 50.1 Å². The average Bonchev–Trinajstić information content (AvgIpc) is 3.28. The van der Waals surface area contributed by atoms with Crippen LogP contribution in [0.2, 0.25) is 0 Å². The second-order valence-corrected chi connectivity index (χ2v) is 7.14. The zero-order chi connectivity index (χ0) is 19.3. The number of nitrogens with zero attached hydrogens (tertiary/aromatic N) is 3. The Bertz CT molecular complexity index is 1070. The lowest BCUT2D eigenvalue weighted by Crippen LogP contribution is -2.29. The summed E-state index contributed by atoms with van der Waals surface area (Å²) >= 11 is 0. The van der Waals surface area contributed by atoms with E-state index in [-0.39, 0.29) is 12.8 Å². The van der Waals surface area contributed by atoms with Gasteiger partial charge >= 0.3 is 0 Å². The number of hydrogen-bond acceptors (Lipinski definition) is 7. The van der Waals surface area contributed by atoms with Gasteiger partial charge in [-0.15, -0.1) is 0 Å². The Labute approximate surface area is 162 Å². The fraction of sp³-hybridized carbons (Fsp3) is 0.238. The summed E-state index contributed by atoms with van der Waals surface area (Å²) in [7, 11) is 0. The van der Waals surface area contributed by atoms with Crippen molar-refractivity contribution in [3.05, 3.63) is 64.8 Å². The molecular weight excluding hydrogens is 356 g/mol. The molecule has 5 rings (SSSR count). The number of benzene rings is 2. The van der Waals surface area contributed by atoms with Gasteiger partial charge in [0.15, 0.2) is 11.5 Å². The molecule has 0 radical (unpaired) electrons. The fourth-order valence-electron chi connectivity index (χ4n) is 3.62. The number of hydrazone groups is 1. The monoisotopic (exact) mass is 376 g/mol. The predicted octanol–water partition coefficient (Wildman–Crippen LogP) is 3.50. The number of hydrogen-bond donors (Lipinski definition) is 1. The Hall–Kier alpha value is -3.48. The standard InChI is InChI=1S/C21H20N4O3/c1-12-7-20(28-24-12)25-13(2)8-15-9-18-19(27-11-26-18)10-17(15)21(23-25)14-3-5-16(22)6-4-14/h3-7,9-10,13H,8,11,22H2,1-2H3. The van der Waals surface area contributed by atoms with Gasteiger partial charge in [-0.25, -0.2) is 5.01 Å².